The SMILES string of the molecule is CC(C)(C)c1ccc([C@H]2C[C@H]2C(=O)N/N=C/c2c(O)ccc3ccccc23)cc1. The minimum Gasteiger partial charge on any atom is -0.507 e. The zero-order chi connectivity index (χ0) is 20.6. The van der Waals surface area contributed by atoms with Gasteiger partial charge in [0, 0.05) is 11.5 Å². The monoisotopic (exact) mass is 386 g/mol. The normalized spacial score (nSPS) is 18.9. The van der Waals surface area contributed by atoms with Crippen molar-refractivity contribution >= 4 is 22.9 Å². The zero-order valence-corrected chi connectivity index (χ0v) is 17.0. The molecule has 0 bridgehead atoms. The topological polar surface area (TPSA) is 61.7 Å². The average Bonchev–Trinajstić information content (AvgIpc) is 3.50. The molecule has 0 aliphatic heterocycles. The van der Waals surface area contributed by atoms with Crippen molar-refractivity contribution in [2.24, 2.45) is 11.0 Å². The second-order valence-electron chi connectivity index (χ2n) is 8.77. The molecule has 2 N–H and O–H groups in total. The molecule has 4 heteroatoms. The molecule has 1 fully saturated rings. The van der Waals surface area contributed by atoms with Gasteiger partial charge in [-0.1, -0.05) is 75.4 Å². The third-order valence-corrected chi connectivity index (χ3v) is 5.65. The second-order valence-corrected chi connectivity index (χ2v) is 8.77. The van der Waals surface area contributed by atoms with E-state index >= 15 is 0 Å². The van der Waals surface area contributed by atoms with Crippen LogP contribution in [0.15, 0.2) is 65.8 Å². The Morgan fingerprint density at radius 2 is 1.79 bits per heavy atom. The number of hydrogen-bond acceptors (Lipinski definition) is 3. The van der Waals surface area contributed by atoms with Gasteiger partial charge in [-0.3, -0.25) is 4.79 Å². The molecule has 2 atom stereocenters. The highest BCUT2D eigenvalue weighted by atomic mass is 16.3. The van der Waals surface area contributed by atoms with Gasteiger partial charge in [-0.25, -0.2) is 5.43 Å². The van der Waals surface area contributed by atoms with Crippen molar-refractivity contribution in [3.8, 4) is 5.75 Å². The van der Waals surface area contributed by atoms with E-state index in [0.29, 0.717) is 5.56 Å². The molecule has 0 spiro atoms. The fourth-order valence-corrected chi connectivity index (χ4v) is 3.75. The van der Waals surface area contributed by atoms with Gasteiger partial charge in [0.2, 0.25) is 5.91 Å². The molecular formula is C25H26N2O2. The van der Waals surface area contributed by atoms with Gasteiger partial charge in [-0.2, -0.15) is 5.10 Å². The summed E-state index contributed by atoms with van der Waals surface area (Å²) >= 11 is 0. The summed E-state index contributed by atoms with van der Waals surface area (Å²) in [4.78, 5) is 12.5. The smallest absolute Gasteiger partial charge is 0.243 e. The first-order chi connectivity index (χ1) is 13.8. The zero-order valence-electron chi connectivity index (χ0n) is 17.0. The summed E-state index contributed by atoms with van der Waals surface area (Å²) < 4.78 is 0. The van der Waals surface area contributed by atoms with Crippen LogP contribution in [0.5, 0.6) is 5.75 Å². The summed E-state index contributed by atoms with van der Waals surface area (Å²) in [5, 5.41) is 16.2. The van der Waals surface area contributed by atoms with Crippen LogP contribution in [0.4, 0.5) is 0 Å². The molecule has 0 unspecified atom stereocenters. The molecule has 1 amide bonds. The van der Waals surface area contributed by atoms with Gasteiger partial charge >= 0.3 is 0 Å². The fraction of sp³-hybridized carbons (Fsp3) is 0.280. The largest absolute Gasteiger partial charge is 0.507 e. The van der Waals surface area contributed by atoms with Crippen LogP contribution in [-0.2, 0) is 10.2 Å². The lowest BCUT2D eigenvalue weighted by Gasteiger charge is -2.19. The van der Waals surface area contributed by atoms with Gasteiger partial charge in [0.25, 0.3) is 0 Å². The molecule has 148 valence electrons. The number of amides is 1. The van der Waals surface area contributed by atoms with E-state index in [1.54, 1.807) is 6.07 Å². The van der Waals surface area contributed by atoms with Gasteiger partial charge in [-0.15, -0.1) is 0 Å². The molecule has 4 nitrogen and oxygen atoms in total. The number of benzene rings is 3. The third kappa shape index (κ3) is 4.02. The maximum absolute atomic E-state index is 12.5. The van der Waals surface area contributed by atoms with E-state index in [1.807, 2.05) is 30.3 Å². The molecule has 29 heavy (non-hydrogen) atoms. The summed E-state index contributed by atoms with van der Waals surface area (Å²) in [5.41, 5.74) is 5.87. The lowest BCUT2D eigenvalue weighted by atomic mass is 9.86. The first-order valence-electron chi connectivity index (χ1n) is 9.98. The molecule has 0 aromatic heterocycles. The Balaban J connectivity index is 1.41. The van der Waals surface area contributed by atoms with Gasteiger partial charge in [0.1, 0.15) is 5.75 Å². The fourth-order valence-electron chi connectivity index (χ4n) is 3.75. The molecular weight excluding hydrogens is 360 g/mol. The van der Waals surface area contributed by atoms with Crippen LogP contribution in [-0.4, -0.2) is 17.2 Å². The Hall–Kier alpha value is -3.14. The van der Waals surface area contributed by atoms with Crippen LogP contribution in [0.25, 0.3) is 10.8 Å². The number of nitrogens with zero attached hydrogens (tertiary/aromatic N) is 1. The molecule has 3 aromatic carbocycles. The number of carbonyl (C=O) groups excluding carboxylic acids is 1. The summed E-state index contributed by atoms with van der Waals surface area (Å²) in [7, 11) is 0. The van der Waals surface area contributed by atoms with E-state index in [-0.39, 0.29) is 28.9 Å². The molecule has 0 saturated heterocycles. The van der Waals surface area contributed by atoms with Gasteiger partial charge < -0.3 is 5.11 Å². The molecule has 0 radical (unpaired) electrons. The first kappa shape index (κ1) is 19.2. The average molecular weight is 386 g/mol. The Morgan fingerprint density at radius 1 is 1.07 bits per heavy atom. The van der Waals surface area contributed by atoms with E-state index in [9.17, 15) is 9.90 Å². The minimum absolute atomic E-state index is 0.0475. The van der Waals surface area contributed by atoms with Crippen LogP contribution in [0.1, 0.15) is 49.8 Å². The number of carbonyl (C=O) groups is 1. The maximum atomic E-state index is 12.5. The predicted octanol–water partition coefficient (Wildman–Crippen LogP) is 5.10. The van der Waals surface area contributed by atoms with E-state index < -0.39 is 0 Å². The molecule has 3 aromatic rings. The van der Waals surface area contributed by atoms with Gasteiger partial charge in [-0.05, 0) is 45.7 Å². The predicted molar refractivity (Wildman–Crippen MR) is 117 cm³/mol. The van der Waals surface area contributed by atoms with Crippen LogP contribution in [0.3, 0.4) is 0 Å². The molecule has 0 heterocycles. The van der Waals surface area contributed by atoms with Gasteiger partial charge in [0.15, 0.2) is 0 Å². The molecule has 1 aliphatic carbocycles. The summed E-state index contributed by atoms with van der Waals surface area (Å²) in [6, 6.07) is 19.9. The number of rotatable bonds is 4. The first-order valence-corrected chi connectivity index (χ1v) is 9.98. The van der Waals surface area contributed by atoms with Crippen molar-refractivity contribution in [1.82, 2.24) is 5.43 Å². The summed E-state index contributed by atoms with van der Waals surface area (Å²) in [6.45, 7) is 6.59. The molecule has 1 saturated carbocycles. The van der Waals surface area contributed by atoms with E-state index in [4.69, 9.17) is 0 Å². The third-order valence-electron chi connectivity index (χ3n) is 5.65. The number of nitrogens with one attached hydrogen (secondary N) is 1. The molecule has 1 aliphatic rings. The summed E-state index contributed by atoms with van der Waals surface area (Å²) in [5.74, 6) is 0.273. The number of phenols is 1. The highest BCUT2D eigenvalue weighted by Gasteiger charge is 2.44. The quantitative estimate of drug-likeness (QED) is 0.484. The van der Waals surface area contributed by atoms with Gasteiger partial charge in [0.05, 0.1) is 6.21 Å². The Morgan fingerprint density at radius 3 is 2.52 bits per heavy atom. The number of phenolic OH excluding ortho intramolecular Hbond substituents is 1. The van der Waals surface area contributed by atoms with E-state index in [2.05, 4.69) is 55.6 Å². The number of hydrogen-bond donors (Lipinski definition) is 2. The van der Waals surface area contributed by atoms with Crippen LogP contribution in [0, 0.1) is 5.92 Å². The minimum atomic E-state index is -0.0779. The van der Waals surface area contributed by atoms with Crippen molar-refractivity contribution in [2.45, 2.75) is 38.5 Å². The number of fused-ring (bicyclic) bond motifs is 1. The van der Waals surface area contributed by atoms with E-state index in [1.165, 1.54) is 17.3 Å². The maximum Gasteiger partial charge on any atom is 0.243 e. The van der Waals surface area contributed by atoms with Crippen molar-refractivity contribution in [3.05, 3.63) is 77.4 Å². The van der Waals surface area contributed by atoms with Crippen LogP contribution < -0.4 is 5.43 Å². The van der Waals surface area contributed by atoms with Crippen molar-refractivity contribution in [3.63, 3.8) is 0 Å². The molecule has 4 rings (SSSR count). The highest BCUT2D eigenvalue weighted by Crippen LogP contribution is 2.47. The lowest BCUT2D eigenvalue weighted by molar-refractivity contribution is -0.122. The Bertz CT molecular complexity index is 1080. The van der Waals surface area contributed by atoms with Crippen LogP contribution in [0.2, 0.25) is 0 Å². The van der Waals surface area contributed by atoms with Crippen molar-refractivity contribution in [1.29, 1.82) is 0 Å². The second kappa shape index (κ2) is 7.36. The van der Waals surface area contributed by atoms with E-state index in [0.717, 1.165) is 17.2 Å². The number of aromatic hydroxyl groups is 1. The van der Waals surface area contributed by atoms with Crippen molar-refractivity contribution < 1.29 is 9.90 Å². The lowest BCUT2D eigenvalue weighted by Crippen LogP contribution is -2.20. The summed E-state index contributed by atoms with van der Waals surface area (Å²) in [6.07, 6.45) is 2.36. The Labute approximate surface area is 171 Å². The highest BCUT2D eigenvalue weighted by molar-refractivity contribution is 6.02. The standard InChI is InChI=1S/C25H26N2O2/c1-25(2,3)18-11-8-17(9-12-18)20-14-21(20)24(29)27-26-15-22-19-7-5-4-6-16(19)10-13-23(22)28/h4-13,15,20-21,28H,14H2,1-3H3,(H,27,29)/b26-15+/t20-,21-/m1/s1. The Kier molecular flexibility index (Phi) is 4.87. The van der Waals surface area contributed by atoms with Crippen LogP contribution >= 0.6 is 0 Å². The van der Waals surface area contributed by atoms with Crippen molar-refractivity contribution in [2.75, 3.05) is 0 Å². The number of hydrazone groups is 1.